The van der Waals surface area contributed by atoms with Gasteiger partial charge in [-0.3, -0.25) is 9.79 Å². The van der Waals surface area contributed by atoms with Crippen LogP contribution in [0.25, 0.3) is 0 Å². The number of benzene rings is 1. The molecule has 25 heavy (non-hydrogen) atoms. The Hall–Kier alpha value is -2.08. The van der Waals surface area contributed by atoms with E-state index in [0.29, 0.717) is 25.6 Å². The number of carbonyl (C=O) groups excluding carboxylic acids is 1. The van der Waals surface area contributed by atoms with Crippen molar-refractivity contribution in [1.82, 2.24) is 10.6 Å². The first kappa shape index (κ1) is 21.0. The van der Waals surface area contributed by atoms with E-state index in [1.807, 2.05) is 18.2 Å². The molecule has 0 heterocycles. The summed E-state index contributed by atoms with van der Waals surface area (Å²) < 4.78 is 10.4. The van der Waals surface area contributed by atoms with E-state index in [0.717, 1.165) is 31.9 Å². The Morgan fingerprint density at radius 2 is 1.96 bits per heavy atom. The highest BCUT2D eigenvalue weighted by molar-refractivity contribution is 5.79. The largest absolute Gasteiger partial charge is 0.469 e. The lowest BCUT2D eigenvalue weighted by Crippen LogP contribution is -2.40. The van der Waals surface area contributed by atoms with Crippen LogP contribution in [0.15, 0.2) is 35.3 Å². The van der Waals surface area contributed by atoms with E-state index in [-0.39, 0.29) is 5.97 Å². The molecule has 0 spiro atoms. The zero-order valence-electron chi connectivity index (χ0n) is 15.6. The Morgan fingerprint density at radius 1 is 1.20 bits per heavy atom. The maximum absolute atomic E-state index is 11.0. The molecule has 0 aliphatic carbocycles. The van der Waals surface area contributed by atoms with Gasteiger partial charge in [0.25, 0.3) is 0 Å². The highest BCUT2D eigenvalue weighted by atomic mass is 16.5. The second kappa shape index (κ2) is 13.2. The number of nitrogens with one attached hydrogen (secondary N) is 2. The molecule has 0 amide bonds. The fourth-order valence-corrected chi connectivity index (χ4v) is 2.21. The minimum absolute atomic E-state index is 0.160. The van der Waals surface area contributed by atoms with E-state index in [2.05, 4.69) is 39.4 Å². The maximum Gasteiger partial charge on any atom is 0.305 e. The lowest BCUT2D eigenvalue weighted by atomic mass is 10.2. The first-order chi connectivity index (χ1) is 12.2. The van der Waals surface area contributed by atoms with Crippen LogP contribution in [-0.2, 0) is 20.9 Å². The van der Waals surface area contributed by atoms with E-state index in [1.165, 1.54) is 12.7 Å². The fraction of sp³-hybridized carbons (Fsp3) is 0.579. The number of ether oxygens (including phenoxy) is 2. The van der Waals surface area contributed by atoms with Gasteiger partial charge in [-0.2, -0.15) is 0 Å². The van der Waals surface area contributed by atoms with Crippen molar-refractivity contribution in [2.24, 2.45) is 10.9 Å². The van der Waals surface area contributed by atoms with E-state index in [1.54, 1.807) is 7.05 Å². The minimum atomic E-state index is -0.160. The van der Waals surface area contributed by atoms with E-state index < -0.39 is 0 Å². The van der Waals surface area contributed by atoms with Gasteiger partial charge in [-0.1, -0.05) is 37.3 Å². The van der Waals surface area contributed by atoms with Gasteiger partial charge in [-0.05, 0) is 24.3 Å². The molecule has 1 aromatic rings. The molecule has 6 heteroatoms. The average Bonchev–Trinajstić information content (AvgIpc) is 2.64. The fourth-order valence-electron chi connectivity index (χ4n) is 2.21. The molecule has 1 aromatic carbocycles. The summed E-state index contributed by atoms with van der Waals surface area (Å²) >= 11 is 0. The molecule has 0 aliphatic heterocycles. The maximum atomic E-state index is 11.0. The Bertz CT molecular complexity index is 506. The Labute approximate surface area is 151 Å². The van der Waals surface area contributed by atoms with Crippen LogP contribution in [-0.4, -0.2) is 45.8 Å². The minimum Gasteiger partial charge on any atom is -0.469 e. The SMILES string of the molecule is CN=C(NCCCCC(=O)OC)NCC(C)COCc1ccccc1. The van der Waals surface area contributed by atoms with Crippen molar-refractivity contribution in [1.29, 1.82) is 0 Å². The summed E-state index contributed by atoms with van der Waals surface area (Å²) in [5, 5.41) is 6.54. The second-order valence-electron chi connectivity index (χ2n) is 6.02. The van der Waals surface area contributed by atoms with Gasteiger partial charge in [-0.15, -0.1) is 0 Å². The van der Waals surface area contributed by atoms with Crippen molar-refractivity contribution >= 4 is 11.9 Å². The molecule has 0 aliphatic rings. The number of esters is 1. The van der Waals surface area contributed by atoms with Gasteiger partial charge < -0.3 is 20.1 Å². The van der Waals surface area contributed by atoms with E-state index >= 15 is 0 Å². The van der Waals surface area contributed by atoms with E-state index in [4.69, 9.17) is 4.74 Å². The van der Waals surface area contributed by atoms with Crippen molar-refractivity contribution in [3.05, 3.63) is 35.9 Å². The molecular formula is C19H31N3O3. The standard InChI is InChI=1S/C19H31N3O3/c1-16(14-25-15-17-9-5-4-6-10-17)13-22-19(20-2)21-12-8-7-11-18(23)24-3/h4-6,9-10,16H,7-8,11-15H2,1-3H3,(H2,20,21,22). The summed E-state index contributed by atoms with van der Waals surface area (Å²) in [7, 11) is 3.16. The molecule has 1 atom stereocenters. The Kier molecular flexibility index (Phi) is 11.1. The van der Waals surface area contributed by atoms with Gasteiger partial charge in [0.1, 0.15) is 0 Å². The summed E-state index contributed by atoms with van der Waals surface area (Å²) in [5.41, 5.74) is 1.19. The van der Waals surface area contributed by atoms with Gasteiger partial charge in [0.05, 0.1) is 20.3 Å². The zero-order valence-corrected chi connectivity index (χ0v) is 15.6. The number of aliphatic imine (C=N–C) groups is 1. The third-order valence-corrected chi connectivity index (χ3v) is 3.68. The number of guanidine groups is 1. The monoisotopic (exact) mass is 349 g/mol. The van der Waals surface area contributed by atoms with Crippen LogP contribution in [0.5, 0.6) is 0 Å². The number of hydrogen-bond acceptors (Lipinski definition) is 4. The van der Waals surface area contributed by atoms with E-state index in [9.17, 15) is 4.79 Å². The van der Waals surface area contributed by atoms with Gasteiger partial charge in [0, 0.05) is 26.6 Å². The Morgan fingerprint density at radius 3 is 2.64 bits per heavy atom. The number of methoxy groups -OCH3 is 1. The molecule has 1 unspecified atom stereocenters. The number of hydrogen-bond donors (Lipinski definition) is 2. The third-order valence-electron chi connectivity index (χ3n) is 3.68. The first-order valence-electron chi connectivity index (χ1n) is 8.78. The van der Waals surface area contributed by atoms with Crippen LogP contribution < -0.4 is 10.6 Å². The van der Waals surface area contributed by atoms with Crippen LogP contribution >= 0.6 is 0 Å². The Balaban J connectivity index is 2.09. The van der Waals surface area contributed by atoms with Gasteiger partial charge in [-0.25, -0.2) is 0 Å². The molecule has 0 aromatic heterocycles. The molecule has 0 radical (unpaired) electrons. The van der Waals surface area contributed by atoms with Crippen molar-refractivity contribution in [2.45, 2.75) is 32.8 Å². The van der Waals surface area contributed by atoms with Crippen molar-refractivity contribution in [3.8, 4) is 0 Å². The molecule has 140 valence electrons. The third kappa shape index (κ3) is 10.4. The van der Waals surface area contributed by atoms with Crippen molar-refractivity contribution in [2.75, 3.05) is 33.9 Å². The summed E-state index contributed by atoms with van der Waals surface area (Å²) in [6, 6.07) is 10.2. The summed E-state index contributed by atoms with van der Waals surface area (Å²) in [5.74, 6) is 0.987. The van der Waals surface area contributed by atoms with Gasteiger partial charge in [0.15, 0.2) is 5.96 Å². The number of nitrogens with zero attached hydrogens (tertiary/aromatic N) is 1. The molecule has 1 rings (SSSR count). The predicted octanol–water partition coefficient (Wildman–Crippen LogP) is 2.35. The quantitative estimate of drug-likeness (QED) is 0.278. The first-order valence-corrected chi connectivity index (χ1v) is 8.78. The summed E-state index contributed by atoms with van der Waals surface area (Å²) in [4.78, 5) is 15.2. The highest BCUT2D eigenvalue weighted by Gasteiger charge is 2.05. The van der Waals surface area contributed by atoms with Crippen molar-refractivity contribution in [3.63, 3.8) is 0 Å². The summed E-state index contributed by atoms with van der Waals surface area (Å²) in [6.07, 6.45) is 2.16. The number of carbonyl (C=O) groups is 1. The molecule has 0 saturated heterocycles. The molecule has 6 nitrogen and oxygen atoms in total. The highest BCUT2D eigenvalue weighted by Crippen LogP contribution is 2.03. The lowest BCUT2D eigenvalue weighted by Gasteiger charge is -2.16. The molecule has 0 saturated carbocycles. The van der Waals surface area contributed by atoms with Gasteiger partial charge >= 0.3 is 5.97 Å². The van der Waals surface area contributed by atoms with Crippen LogP contribution in [0.3, 0.4) is 0 Å². The van der Waals surface area contributed by atoms with Gasteiger partial charge in [0.2, 0.25) is 0 Å². The average molecular weight is 349 g/mol. The molecular weight excluding hydrogens is 318 g/mol. The van der Waals surface area contributed by atoms with Crippen LogP contribution in [0.4, 0.5) is 0 Å². The van der Waals surface area contributed by atoms with Crippen LogP contribution in [0.1, 0.15) is 31.7 Å². The van der Waals surface area contributed by atoms with Crippen molar-refractivity contribution < 1.29 is 14.3 Å². The normalized spacial score (nSPS) is 12.5. The molecule has 0 bridgehead atoms. The lowest BCUT2D eigenvalue weighted by molar-refractivity contribution is -0.140. The topological polar surface area (TPSA) is 72.0 Å². The van der Waals surface area contributed by atoms with Crippen LogP contribution in [0.2, 0.25) is 0 Å². The number of rotatable bonds is 11. The molecule has 2 N–H and O–H groups in total. The smallest absolute Gasteiger partial charge is 0.305 e. The predicted molar refractivity (Wildman–Crippen MR) is 100 cm³/mol. The zero-order chi connectivity index (χ0) is 18.3. The number of unbranched alkanes of at least 4 members (excludes halogenated alkanes) is 1. The van der Waals surface area contributed by atoms with Crippen LogP contribution in [0, 0.1) is 5.92 Å². The second-order valence-corrected chi connectivity index (χ2v) is 6.02. The summed E-state index contributed by atoms with van der Waals surface area (Å²) in [6.45, 7) is 5.03. The molecule has 0 fully saturated rings.